The van der Waals surface area contributed by atoms with Crippen molar-refractivity contribution in [1.82, 2.24) is 5.32 Å². The normalized spacial score (nSPS) is 11.4. The second-order valence-electron chi connectivity index (χ2n) is 4.84. The van der Waals surface area contributed by atoms with E-state index in [2.05, 4.69) is 11.2 Å². The van der Waals surface area contributed by atoms with Crippen molar-refractivity contribution in [1.29, 1.82) is 0 Å². The Balaban J connectivity index is 2.75. The monoisotopic (exact) mass is 273 g/mol. The highest BCUT2D eigenvalue weighted by molar-refractivity contribution is 5.96. The zero-order valence-corrected chi connectivity index (χ0v) is 11.8. The molecule has 0 radical (unpaired) electrons. The van der Waals surface area contributed by atoms with E-state index in [1.54, 1.807) is 12.1 Å². The second-order valence-corrected chi connectivity index (χ2v) is 4.84. The number of carboxylic acid groups (broad SMARTS) is 1. The van der Waals surface area contributed by atoms with E-state index in [9.17, 15) is 9.59 Å². The minimum Gasteiger partial charge on any atom is -0.480 e. The maximum absolute atomic E-state index is 12.1. The van der Waals surface area contributed by atoms with Crippen LogP contribution in [-0.2, 0) is 4.79 Å². The van der Waals surface area contributed by atoms with Gasteiger partial charge in [0.1, 0.15) is 6.04 Å². The summed E-state index contributed by atoms with van der Waals surface area (Å²) in [7, 11) is 0. The summed E-state index contributed by atoms with van der Waals surface area (Å²) in [4.78, 5) is 23.2. The number of aliphatic carboxylic acids is 1. The van der Waals surface area contributed by atoms with Gasteiger partial charge in [0.25, 0.3) is 5.91 Å². The lowest BCUT2D eigenvalue weighted by Gasteiger charge is -2.14. The molecule has 20 heavy (non-hydrogen) atoms. The van der Waals surface area contributed by atoms with Crippen molar-refractivity contribution in [3.63, 3.8) is 0 Å². The molecule has 1 rings (SSSR count). The molecule has 0 fully saturated rings. The predicted octanol–water partition coefficient (Wildman–Crippen LogP) is 2.29. The first kappa shape index (κ1) is 15.8. The number of unbranched alkanes of at least 4 members (excludes halogenated alkanes) is 1. The van der Waals surface area contributed by atoms with Gasteiger partial charge in [-0.15, -0.1) is 12.3 Å². The number of carbonyl (C=O) groups is 2. The molecule has 0 spiro atoms. The van der Waals surface area contributed by atoms with Gasteiger partial charge in [-0.1, -0.05) is 17.2 Å². The largest absolute Gasteiger partial charge is 0.480 e. The van der Waals surface area contributed by atoms with Crippen molar-refractivity contribution in [3.05, 3.63) is 34.9 Å². The van der Waals surface area contributed by atoms with Gasteiger partial charge in [0, 0.05) is 12.0 Å². The van der Waals surface area contributed by atoms with Crippen LogP contribution in [0.25, 0.3) is 0 Å². The van der Waals surface area contributed by atoms with Crippen molar-refractivity contribution in [2.24, 2.45) is 0 Å². The number of amides is 1. The maximum Gasteiger partial charge on any atom is 0.326 e. The first-order valence-corrected chi connectivity index (χ1v) is 6.49. The van der Waals surface area contributed by atoms with E-state index in [1.165, 1.54) is 0 Å². The molecule has 0 unspecified atom stereocenters. The molecule has 0 heterocycles. The Morgan fingerprint density at radius 2 is 1.90 bits per heavy atom. The van der Waals surface area contributed by atoms with E-state index < -0.39 is 12.0 Å². The maximum atomic E-state index is 12.1. The standard InChI is InChI=1S/C16H19NO3/c1-4-5-6-7-14(16(19)20)17-15(18)13-9-11(2)8-12(3)10-13/h1,8-10,14H,5-7H2,2-3H3,(H,17,18)(H,19,20)/t14-/m1/s1. The van der Waals surface area contributed by atoms with E-state index in [-0.39, 0.29) is 5.91 Å². The number of benzene rings is 1. The van der Waals surface area contributed by atoms with E-state index in [1.807, 2.05) is 19.9 Å². The van der Waals surface area contributed by atoms with Crippen LogP contribution < -0.4 is 5.32 Å². The third-order valence-electron chi connectivity index (χ3n) is 2.90. The topological polar surface area (TPSA) is 66.4 Å². The van der Waals surface area contributed by atoms with Crippen LogP contribution in [0.1, 0.15) is 40.7 Å². The molecule has 106 valence electrons. The lowest BCUT2D eigenvalue weighted by molar-refractivity contribution is -0.139. The highest BCUT2D eigenvalue weighted by Crippen LogP contribution is 2.10. The molecule has 0 aromatic heterocycles. The molecule has 0 aliphatic heterocycles. The van der Waals surface area contributed by atoms with Gasteiger partial charge in [0.05, 0.1) is 0 Å². The van der Waals surface area contributed by atoms with Gasteiger partial charge < -0.3 is 10.4 Å². The summed E-state index contributed by atoms with van der Waals surface area (Å²) in [6, 6.07) is 4.53. The fraction of sp³-hybridized carbons (Fsp3) is 0.375. The van der Waals surface area contributed by atoms with Gasteiger partial charge in [0.15, 0.2) is 0 Å². The SMILES string of the molecule is C#CCCC[C@@H](NC(=O)c1cc(C)cc(C)c1)C(=O)O. The second kappa shape index (κ2) is 7.34. The summed E-state index contributed by atoms with van der Waals surface area (Å²) < 4.78 is 0. The molecule has 0 bridgehead atoms. The molecular weight excluding hydrogens is 254 g/mol. The molecule has 1 aromatic rings. The number of terminal acetylenes is 1. The summed E-state index contributed by atoms with van der Waals surface area (Å²) in [5.74, 6) is 1.04. The molecular formula is C16H19NO3. The fourth-order valence-corrected chi connectivity index (χ4v) is 2.01. The lowest BCUT2D eigenvalue weighted by atomic mass is 10.1. The summed E-state index contributed by atoms with van der Waals surface area (Å²) in [6.07, 6.45) is 6.53. The smallest absolute Gasteiger partial charge is 0.326 e. The third-order valence-corrected chi connectivity index (χ3v) is 2.90. The average molecular weight is 273 g/mol. The van der Waals surface area contributed by atoms with Crippen LogP contribution in [-0.4, -0.2) is 23.0 Å². The third kappa shape index (κ3) is 4.77. The van der Waals surface area contributed by atoms with Gasteiger partial charge in [-0.2, -0.15) is 0 Å². The molecule has 1 aromatic carbocycles. The Morgan fingerprint density at radius 1 is 1.30 bits per heavy atom. The van der Waals surface area contributed by atoms with Gasteiger partial charge in [-0.05, 0) is 38.8 Å². The number of carbonyl (C=O) groups excluding carboxylic acids is 1. The van der Waals surface area contributed by atoms with Crippen LogP contribution in [0.3, 0.4) is 0 Å². The van der Waals surface area contributed by atoms with Gasteiger partial charge in [-0.25, -0.2) is 4.79 Å². The minimum absolute atomic E-state index is 0.329. The number of carboxylic acids is 1. The summed E-state index contributed by atoms with van der Waals surface area (Å²) in [6.45, 7) is 3.79. The number of nitrogens with one attached hydrogen (secondary N) is 1. The van der Waals surface area contributed by atoms with Crippen molar-refractivity contribution < 1.29 is 14.7 Å². The fourth-order valence-electron chi connectivity index (χ4n) is 2.01. The Hall–Kier alpha value is -2.28. The van der Waals surface area contributed by atoms with Crippen LogP contribution in [0.5, 0.6) is 0 Å². The molecule has 4 heteroatoms. The minimum atomic E-state index is -1.04. The highest BCUT2D eigenvalue weighted by Gasteiger charge is 2.20. The van der Waals surface area contributed by atoms with Crippen LogP contribution in [0.4, 0.5) is 0 Å². The van der Waals surface area contributed by atoms with Crippen molar-refractivity contribution >= 4 is 11.9 Å². The van der Waals surface area contributed by atoms with Gasteiger partial charge >= 0.3 is 5.97 Å². The van der Waals surface area contributed by atoms with E-state index in [0.717, 1.165) is 11.1 Å². The summed E-state index contributed by atoms with van der Waals surface area (Å²) >= 11 is 0. The average Bonchev–Trinajstić information content (AvgIpc) is 2.36. The molecule has 4 nitrogen and oxygen atoms in total. The van der Waals surface area contributed by atoms with Crippen LogP contribution in [0.15, 0.2) is 18.2 Å². The lowest BCUT2D eigenvalue weighted by Crippen LogP contribution is -2.40. The molecule has 0 aliphatic carbocycles. The summed E-state index contributed by atoms with van der Waals surface area (Å²) in [5.41, 5.74) is 2.41. The molecule has 0 aliphatic rings. The van der Waals surface area contributed by atoms with E-state index in [0.29, 0.717) is 24.8 Å². The van der Waals surface area contributed by atoms with E-state index >= 15 is 0 Å². The molecule has 0 saturated heterocycles. The van der Waals surface area contributed by atoms with Crippen LogP contribution >= 0.6 is 0 Å². The number of rotatable bonds is 6. The Morgan fingerprint density at radius 3 is 2.40 bits per heavy atom. The summed E-state index contributed by atoms with van der Waals surface area (Å²) in [5, 5.41) is 11.7. The van der Waals surface area contributed by atoms with Gasteiger partial charge in [-0.3, -0.25) is 4.79 Å². The Labute approximate surface area is 119 Å². The number of hydrogen-bond acceptors (Lipinski definition) is 2. The first-order chi connectivity index (χ1) is 9.43. The van der Waals surface area contributed by atoms with Gasteiger partial charge in [0.2, 0.25) is 0 Å². The molecule has 2 N–H and O–H groups in total. The van der Waals surface area contributed by atoms with Crippen molar-refractivity contribution in [2.75, 3.05) is 0 Å². The van der Waals surface area contributed by atoms with E-state index in [4.69, 9.17) is 11.5 Å². The Kier molecular flexibility index (Phi) is 5.79. The molecule has 1 amide bonds. The zero-order chi connectivity index (χ0) is 15.1. The van der Waals surface area contributed by atoms with Crippen molar-refractivity contribution in [2.45, 2.75) is 39.2 Å². The van der Waals surface area contributed by atoms with Crippen LogP contribution in [0.2, 0.25) is 0 Å². The predicted molar refractivity (Wildman–Crippen MR) is 77.5 cm³/mol. The number of hydrogen-bond donors (Lipinski definition) is 2. The Bertz CT molecular complexity index is 523. The number of aryl methyl sites for hydroxylation is 2. The highest BCUT2D eigenvalue weighted by atomic mass is 16.4. The molecule has 1 atom stereocenters. The quantitative estimate of drug-likeness (QED) is 0.617. The van der Waals surface area contributed by atoms with Crippen LogP contribution in [0, 0.1) is 26.2 Å². The zero-order valence-electron chi connectivity index (χ0n) is 11.8. The molecule has 0 saturated carbocycles. The van der Waals surface area contributed by atoms with Crippen molar-refractivity contribution in [3.8, 4) is 12.3 Å². The first-order valence-electron chi connectivity index (χ1n) is 6.49.